The van der Waals surface area contributed by atoms with Gasteiger partial charge in [0, 0.05) is 32.0 Å². The molecule has 0 aromatic carbocycles. The van der Waals surface area contributed by atoms with E-state index >= 15 is 0 Å². The molecule has 1 saturated heterocycles. The fraction of sp³-hybridized carbons (Fsp3) is 0.550. The summed E-state index contributed by atoms with van der Waals surface area (Å²) in [5, 5.41) is 0. The number of anilines is 1. The van der Waals surface area contributed by atoms with E-state index in [1.54, 1.807) is 12.4 Å². The van der Waals surface area contributed by atoms with Crippen molar-refractivity contribution in [3.8, 4) is 11.4 Å². The Kier molecular flexibility index (Phi) is 4.44. The largest absolute Gasteiger partial charge is 0.378 e. The average molecular weight is 395 g/mol. The van der Waals surface area contributed by atoms with Crippen LogP contribution < -0.4 is 4.90 Å². The fourth-order valence-electron chi connectivity index (χ4n) is 3.92. The zero-order valence-corrected chi connectivity index (χ0v) is 17.1. The third kappa shape index (κ3) is 3.05. The lowest BCUT2D eigenvalue weighted by atomic mass is 10.0. The summed E-state index contributed by atoms with van der Waals surface area (Å²) in [6.07, 6.45) is 4.40. The highest BCUT2D eigenvalue weighted by molar-refractivity contribution is 5.86. The van der Waals surface area contributed by atoms with Gasteiger partial charge in [0.25, 0.3) is 0 Å². The lowest BCUT2D eigenvalue weighted by Crippen LogP contribution is -2.37. The molecule has 0 N–H and O–H groups in total. The van der Waals surface area contributed by atoms with Crippen molar-refractivity contribution in [1.82, 2.24) is 29.5 Å². The molecule has 152 valence electrons. The van der Waals surface area contributed by atoms with Crippen LogP contribution in [0.3, 0.4) is 0 Å². The normalized spacial score (nSPS) is 22.1. The van der Waals surface area contributed by atoms with E-state index in [2.05, 4.69) is 33.3 Å². The summed E-state index contributed by atoms with van der Waals surface area (Å²) >= 11 is 0. The standard InChI is InChI=1S/C20H25N7O2/c1-4-20(3)19-23-15-17(26-5-8-28-9-6-26)24-16(14-11-21-13(2)22-12-14)25-18(15)27(19)7-10-29-20/h11-12H,4-10H2,1-3H3/t20-/m0/s1. The van der Waals surface area contributed by atoms with Crippen molar-refractivity contribution in [2.45, 2.75) is 39.3 Å². The molecule has 0 radical (unpaired) electrons. The summed E-state index contributed by atoms with van der Waals surface area (Å²) in [7, 11) is 0. The minimum Gasteiger partial charge on any atom is -0.378 e. The first-order valence-corrected chi connectivity index (χ1v) is 10.1. The van der Waals surface area contributed by atoms with E-state index in [9.17, 15) is 0 Å². The quantitative estimate of drug-likeness (QED) is 0.666. The molecule has 3 aromatic heterocycles. The Labute approximate surface area is 169 Å². The zero-order valence-electron chi connectivity index (χ0n) is 17.1. The molecule has 0 bridgehead atoms. The smallest absolute Gasteiger partial charge is 0.167 e. The van der Waals surface area contributed by atoms with E-state index in [0.717, 1.165) is 60.2 Å². The second kappa shape index (κ2) is 7.00. The topological polar surface area (TPSA) is 91.1 Å². The molecule has 0 saturated carbocycles. The molecule has 2 aliphatic heterocycles. The van der Waals surface area contributed by atoms with Gasteiger partial charge in [0.2, 0.25) is 0 Å². The first-order valence-electron chi connectivity index (χ1n) is 10.1. The van der Waals surface area contributed by atoms with E-state index in [1.165, 1.54) is 0 Å². The van der Waals surface area contributed by atoms with Gasteiger partial charge in [0.05, 0.1) is 25.4 Å². The maximum Gasteiger partial charge on any atom is 0.167 e. The number of fused-ring (bicyclic) bond motifs is 3. The molecule has 9 nitrogen and oxygen atoms in total. The van der Waals surface area contributed by atoms with Crippen LogP contribution in [0.15, 0.2) is 12.4 Å². The van der Waals surface area contributed by atoms with Crippen molar-refractivity contribution in [3.05, 3.63) is 24.0 Å². The van der Waals surface area contributed by atoms with Gasteiger partial charge >= 0.3 is 0 Å². The monoisotopic (exact) mass is 395 g/mol. The van der Waals surface area contributed by atoms with Gasteiger partial charge in [-0.25, -0.2) is 24.9 Å². The Morgan fingerprint density at radius 1 is 1.03 bits per heavy atom. The molecule has 1 fully saturated rings. The van der Waals surface area contributed by atoms with Crippen LogP contribution in [0.4, 0.5) is 5.82 Å². The lowest BCUT2D eigenvalue weighted by molar-refractivity contribution is -0.0694. The number of rotatable bonds is 3. The van der Waals surface area contributed by atoms with Crippen molar-refractivity contribution < 1.29 is 9.47 Å². The van der Waals surface area contributed by atoms with Crippen molar-refractivity contribution in [3.63, 3.8) is 0 Å². The van der Waals surface area contributed by atoms with Gasteiger partial charge in [-0.2, -0.15) is 0 Å². The van der Waals surface area contributed by atoms with Gasteiger partial charge < -0.3 is 18.9 Å². The predicted molar refractivity (Wildman–Crippen MR) is 108 cm³/mol. The number of hydrogen-bond donors (Lipinski definition) is 0. The molecule has 0 spiro atoms. The minimum absolute atomic E-state index is 0.422. The Hall–Kier alpha value is -2.65. The molecule has 1 atom stereocenters. The third-order valence-electron chi connectivity index (χ3n) is 5.81. The Bertz CT molecular complexity index is 1040. The highest BCUT2D eigenvalue weighted by Crippen LogP contribution is 2.36. The zero-order chi connectivity index (χ0) is 20.0. The molecule has 5 heterocycles. The van der Waals surface area contributed by atoms with Gasteiger partial charge in [0.1, 0.15) is 17.2 Å². The molecular formula is C20H25N7O2. The van der Waals surface area contributed by atoms with Gasteiger partial charge in [-0.1, -0.05) is 6.92 Å². The van der Waals surface area contributed by atoms with Gasteiger partial charge in [-0.15, -0.1) is 0 Å². The second-order valence-electron chi connectivity index (χ2n) is 7.68. The number of nitrogens with zero attached hydrogens (tertiary/aromatic N) is 7. The van der Waals surface area contributed by atoms with Crippen molar-refractivity contribution >= 4 is 17.0 Å². The first kappa shape index (κ1) is 18.4. The van der Waals surface area contributed by atoms with Gasteiger partial charge in [0.15, 0.2) is 22.8 Å². The van der Waals surface area contributed by atoms with Crippen LogP contribution in [0.2, 0.25) is 0 Å². The predicted octanol–water partition coefficient (Wildman–Crippen LogP) is 2.08. The summed E-state index contributed by atoms with van der Waals surface area (Å²) in [5.41, 5.74) is 2.04. The number of imidazole rings is 1. The number of morpholine rings is 1. The lowest BCUT2D eigenvalue weighted by Gasteiger charge is -2.33. The number of hydrogen-bond acceptors (Lipinski definition) is 8. The summed E-state index contributed by atoms with van der Waals surface area (Å²) in [4.78, 5) is 25.7. The molecule has 5 rings (SSSR count). The maximum atomic E-state index is 6.10. The van der Waals surface area contributed by atoms with Crippen LogP contribution in [-0.2, 0) is 21.6 Å². The van der Waals surface area contributed by atoms with E-state index in [0.29, 0.717) is 25.6 Å². The van der Waals surface area contributed by atoms with E-state index in [-0.39, 0.29) is 0 Å². The summed E-state index contributed by atoms with van der Waals surface area (Å²) < 4.78 is 13.8. The average Bonchev–Trinajstić information content (AvgIpc) is 3.15. The van der Waals surface area contributed by atoms with Crippen LogP contribution in [-0.4, -0.2) is 62.4 Å². The van der Waals surface area contributed by atoms with Gasteiger partial charge in [-0.3, -0.25) is 0 Å². The number of ether oxygens (including phenoxy) is 2. The van der Waals surface area contributed by atoms with Gasteiger partial charge in [-0.05, 0) is 20.3 Å². The van der Waals surface area contributed by atoms with Crippen LogP contribution in [0.25, 0.3) is 22.6 Å². The van der Waals surface area contributed by atoms with Crippen molar-refractivity contribution in [1.29, 1.82) is 0 Å². The second-order valence-corrected chi connectivity index (χ2v) is 7.68. The van der Waals surface area contributed by atoms with Crippen molar-refractivity contribution in [2.75, 3.05) is 37.8 Å². The van der Waals surface area contributed by atoms with E-state index in [1.807, 2.05) is 6.92 Å². The maximum absolute atomic E-state index is 6.10. The fourth-order valence-corrected chi connectivity index (χ4v) is 3.92. The molecule has 0 unspecified atom stereocenters. The summed E-state index contributed by atoms with van der Waals surface area (Å²) in [5.74, 6) is 3.10. The molecule has 0 amide bonds. The van der Waals surface area contributed by atoms with Crippen molar-refractivity contribution in [2.24, 2.45) is 0 Å². The highest BCUT2D eigenvalue weighted by atomic mass is 16.5. The van der Waals surface area contributed by atoms with E-state index < -0.39 is 5.60 Å². The van der Waals surface area contributed by atoms with Crippen LogP contribution in [0, 0.1) is 6.92 Å². The first-order chi connectivity index (χ1) is 14.1. The SMILES string of the molecule is CC[C@]1(C)OCCn2c1nc1c(N3CCOCC3)nc(-c3cnc(C)nc3)nc12. The summed E-state index contributed by atoms with van der Waals surface area (Å²) in [6, 6.07) is 0. The minimum atomic E-state index is -0.422. The highest BCUT2D eigenvalue weighted by Gasteiger charge is 2.36. The summed E-state index contributed by atoms with van der Waals surface area (Å²) in [6.45, 7) is 10.4. The Morgan fingerprint density at radius 3 is 2.52 bits per heavy atom. The number of aryl methyl sites for hydroxylation is 1. The van der Waals surface area contributed by atoms with Crippen LogP contribution >= 0.6 is 0 Å². The number of aromatic nitrogens is 6. The third-order valence-corrected chi connectivity index (χ3v) is 5.81. The Balaban J connectivity index is 1.74. The van der Waals surface area contributed by atoms with E-state index in [4.69, 9.17) is 24.4 Å². The molecule has 29 heavy (non-hydrogen) atoms. The molecule has 3 aromatic rings. The Morgan fingerprint density at radius 2 is 1.79 bits per heavy atom. The molecule has 2 aliphatic rings. The van der Waals surface area contributed by atoms with Crippen LogP contribution in [0.1, 0.15) is 31.9 Å². The molecule has 9 heteroatoms. The molecular weight excluding hydrogens is 370 g/mol. The molecule has 0 aliphatic carbocycles. The van der Waals surface area contributed by atoms with Crippen LogP contribution in [0.5, 0.6) is 0 Å².